The normalized spacial score (nSPS) is 10.5. The van der Waals surface area contributed by atoms with Crippen LogP contribution in [0.3, 0.4) is 0 Å². The monoisotopic (exact) mass is 266 g/mol. The highest BCUT2D eigenvalue weighted by Gasteiger charge is 2.20. The van der Waals surface area contributed by atoms with Gasteiger partial charge in [0.1, 0.15) is 5.69 Å². The first-order chi connectivity index (χ1) is 9.06. The summed E-state index contributed by atoms with van der Waals surface area (Å²) in [5, 5.41) is 14.3. The summed E-state index contributed by atoms with van der Waals surface area (Å²) >= 11 is 0. The van der Waals surface area contributed by atoms with E-state index >= 15 is 0 Å². The molecule has 0 fully saturated rings. The van der Waals surface area contributed by atoms with Crippen molar-refractivity contribution in [1.82, 2.24) is 0 Å². The first-order valence-corrected chi connectivity index (χ1v) is 6.70. The first-order valence-electron chi connectivity index (χ1n) is 6.70. The van der Waals surface area contributed by atoms with Gasteiger partial charge < -0.3 is 10.1 Å². The van der Waals surface area contributed by atoms with E-state index in [9.17, 15) is 10.1 Å². The van der Waals surface area contributed by atoms with Gasteiger partial charge in [0.15, 0.2) is 5.75 Å². The van der Waals surface area contributed by atoms with Gasteiger partial charge in [-0.2, -0.15) is 0 Å². The Bertz CT molecular complexity index is 419. The quantitative estimate of drug-likeness (QED) is 0.573. The van der Waals surface area contributed by atoms with E-state index in [0.717, 1.165) is 19.4 Å². The molecule has 0 aromatic heterocycles. The second kappa shape index (κ2) is 7.61. The molecule has 5 nitrogen and oxygen atoms in total. The lowest BCUT2D eigenvalue weighted by molar-refractivity contribution is -0.385. The van der Waals surface area contributed by atoms with E-state index in [-0.39, 0.29) is 10.6 Å². The second-order valence-electron chi connectivity index (χ2n) is 4.87. The van der Waals surface area contributed by atoms with Crippen LogP contribution in [0, 0.1) is 16.0 Å². The molecule has 106 valence electrons. The number of rotatable bonds is 8. The number of benzene rings is 1. The number of para-hydroxylation sites is 1. The molecule has 19 heavy (non-hydrogen) atoms. The van der Waals surface area contributed by atoms with Gasteiger partial charge in [-0.05, 0) is 30.9 Å². The lowest BCUT2D eigenvalue weighted by atomic mass is 10.1. The predicted octanol–water partition coefficient (Wildman–Crippen LogP) is 3.84. The summed E-state index contributed by atoms with van der Waals surface area (Å²) in [6, 6.07) is 5.13. The van der Waals surface area contributed by atoms with Crippen LogP contribution in [0.15, 0.2) is 18.2 Å². The van der Waals surface area contributed by atoms with Crippen LogP contribution < -0.4 is 10.1 Å². The summed E-state index contributed by atoms with van der Waals surface area (Å²) in [4.78, 5) is 10.8. The highest BCUT2D eigenvalue weighted by atomic mass is 16.6. The molecule has 0 saturated heterocycles. The molecule has 0 bridgehead atoms. The molecule has 0 unspecified atom stereocenters. The van der Waals surface area contributed by atoms with E-state index in [1.54, 1.807) is 18.2 Å². The van der Waals surface area contributed by atoms with Crippen LogP contribution in [0.2, 0.25) is 0 Å². The van der Waals surface area contributed by atoms with E-state index in [1.807, 2.05) is 6.92 Å². The summed E-state index contributed by atoms with van der Waals surface area (Å²) < 4.78 is 5.43. The molecule has 1 rings (SSSR count). The van der Waals surface area contributed by atoms with Crippen molar-refractivity contribution >= 4 is 11.4 Å². The zero-order chi connectivity index (χ0) is 14.3. The number of hydrogen-bond donors (Lipinski definition) is 1. The molecule has 0 aliphatic rings. The van der Waals surface area contributed by atoms with Gasteiger partial charge in [-0.25, -0.2) is 0 Å². The third-order valence-electron chi connectivity index (χ3n) is 2.68. The molecule has 1 N–H and O–H groups in total. The number of nitro benzene ring substituents is 1. The van der Waals surface area contributed by atoms with Crippen molar-refractivity contribution in [3.63, 3.8) is 0 Å². The average molecular weight is 266 g/mol. The third-order valence-corrected chi connectivity index (χ3v) is 2.68. The van der Waals surface area contributed by atoms with E-state index in [0.29, 0.717) is 24.0 Å². The number of nitrogens with zero attached hydrogens (tertiary/aromatic N) is 1. The van der Waals surface area contributed by atoms with Gasteiger partial charge in [0, 0.05) is 6.54 Å². The SMILES string of the molecule is CCCOc1cccc(NCCC(C)C)c1[N+](=O)[O-]. The standard InChI is InChI=1S/C14H22N2O3/c1-4-10-19-13-7-5-6-12(14(13)16(17)18)15-9-8-11(2)3/h5-7,11,15H,4,8-10H2,1-3H3. The Morgan fingerprint density at radius 2 is 2.16 bits per heavy atom. The van der Waals surface area contributed by atoms with Gasteiger partial charge >= 0.3 is 5.69 Å². The molecule has 0 aliphatic carbocycles. The molecule has 0 spiro atoms. The molecular weight excluding hydrogens is 244 g/mol. The molecule has 0 radical (unpaired) electrons. The van der Waals surface area contributed by atoms with E-state index in [1.165, 1.54) is 0 Å². The van der Waals surface area contributed by atoms with Gasteiger partial charge in [-0.15, -0.1) is 0 Å². The topological polar surface area (TPSA) is 64.4 Å². The largest absolute Gasteiger partial charge is 0.487 e. The van der Waals surface area contributed by atoms with Gasteiger partial charge in [-0.3, -0.25) is 10.1 Å². The Morgan fingerprint density at radius 1 is 1.42 bits per heavy atom. The smallest absolute Gasteiger partial charge is 0.333 e. The third kappa shape index (κ3) is 4.77. The summed E-state index contributed by atoms with van der Waals surface area (Å²) in [6.07, 6.45) is 1.79. The summed E-state index contributed by atoms with van der Waals surface area (Å²) in [5.74, 6) is 0.896. The number of hydrogen-bond acceptors (Lipinski definition) is 4. The minimum absolute atomic E-state index is 0.0275. The average Bonchev–Trinajstić information content (AvgIpc) is 2.35. The maximum absolute atomic E-state index is 11.2. The molecule has 0 saturated carbocycles. The Kier molecular flexibility index (Phi) is 6.12. The van der Waals surface area contributed by atoms with Gasteiger partial charge in [-0.1, -0.05) is 26.8 Å². The predicted molar refractivity (Wildman–Crippen MR) is 76.8 cm³/mol. The second-order valence-corrected chi connectivity index (χ2v) is 4.87. The van der Waals surface area contributed by atoms with E-state index in [4.69, 9.17) is 4.74 Å². The minimum Gasteiger partial charge on any atom is -0.487 e. The minimum atomic E-state index is -0.386. The maximum atomic E-state index is 11.2. The molecule has 0 amide bonds. The Morgan fingerprint density at radius 3 is 2.74 bits per heavy atom. The fourth-order valence-corrected chi connectivity index (χ4v) is 1.68. The van der Waals surface area contributed by atoms with Gasteiger partial charge in [0.05, 0.1) is 11.5 Å². The fourth-order valence-electron chi connectivity index (χ4n) is 1.68. The number of nitro groups is 1. The molecule has 1 aromatic rings. The van der Waals surface area contributed by atoms with Crippen LogP contribution in [0.5, 0.6) is 5.75 Å². The van der Waals surface area contributed by atoms with Crippen molar-refractivity contribution in [2.45, 2.75) is 33.6 Å². The Balaban J connectivity index is 2.86. The number of ether oxygens (including phenoxy) is 1. The lowest BCUT2D eigenvalue weighted by Gasteiger charge is -2.11. The van der Waals surface area contributed by atoms with Crippen molar-refractivity contribution in [3.05, 3.63) is 28.3 Å². The van der Waals surface area contributed by atoms with Crippen LogP contribution in [0.4, 0.5) is 11.4 Å². The fraction of sp³-hybridized carbons (Fsp3) is 0.571. The summed E-state index contributed by atoms with van der Waals surface area (Å²) in [5.41, 5.74) is 0.555. The molecular formula is C14H22N2O3. The first kappa shape index (κ1) is 15.3. The molecule has 0 atom stereocenters. The van der Waals surface area contributed by atoms with E-state index in [2.05, 4.69) is 19.2 Å². The number of nitrogens with one attached hydrogen (secondary N) is 1. The van der Waals surface area contributed by atoms with E-state index < -0.39 is 0 Å². The highest BCUT2D eigenvalue weighted by Crippen LogP contribution is 2.34. The van der Waals surface area contributed by atoms with Crippen molar-refractivity contribution in [2.75, 3.05) is 18.5 Å². The van der Waals surface area contributed by atoms with Crippen molar-refractivity contribution in [1.29, 1.82) is 0 Å². The molecule has 0 heterocycles. The van der Waals surface area contributed by atoms with Crippen LogP contribution >= 0.6 is 0 Å². The zero-order valence-electron chi connectivity index (χ0n) is 11.8. The number of anilines is 1. The molecule has 5 heteroatoms. The van der Waals surface area contributed by atoms with Crippen LogP contribution in [0.1, 0.15) is 33.6 Å². The summed E-state index contributed by atoms with van der Waals surface area (Å²) in [7, 11) is 0. The van der Waals surface area contributed by atoms with Crippen molar-refractivity contribution in [3.8, 4) is 5.75 Å². The lowest BCUT2D eigenvalue weighted by Crippen LogP contribution is -2.08. The van der Waals surface area contributed by atoms with Crippen molar-refractivity contribution in [2.24, 2.45) is 5.92 Å². The molecule has 0 aliphatic heterocycles. The maximum Gasteiger partial charge on any atom is 0.333 e. The van der Waals surface area contributed by atoms with Crippen molar-refractivity contribution < 1.29 is 9.66 Å². The van der Waals surface area contributed by atoms with Crippen LogP contribution in [-0.4, -0.2) is 18.1 Å². The van der Waals surface area contributed by atoms with Crippen LogP contribution in [-0.2, 0) is 0 Å². The summed E-state index contributed by atoms with van der Waals surface area (Å²) in [6.45, 7) is 7.41. The Hall–Kier alpha value is -1.78. The highest BCUT2D eigenvalue weighted by molar-refractivity contribution is 5.68. The van der Waals surface area contributed by atoms with Crippen LogP contribution in [0.25, 0.3) is 0 Å². The Labute approximate surface area is 114 Å². The zero-order valence-corrected chi connectivity index (χ0v) is 11.8. The van der Waals surface area contributed by atoms with Gasteiger partial charge in [0.25, 0.3) is 0 Å². The molecule has 1 aromatic carbocycles. The van der Waals surface area contributed by atoms with Gasteiger partial charge in [0.2, 0.25) is 0 Å².